The van der Waals surface area contributed by atoms with Crippen LogP contribution in [0, 0.1) is 5.92 Å². The van der Waals surface area contributed by atoms with Gasteiger partial charge < -0.3 is 25.6 Å². The van der Waals surface area contributed by atoms with Crippen LogP contribution >= 0.6 is 24.0 Å². The summed E-state index contributed by atoms with van der Waals surface area (Å²) in [6, 6.07) is 11.4. The minimum Gasteiger partial charge on any atom is -0.381 e. The van der Waals surface area contributed by atoms with Crippen LogP contribution in [0.4, 0.5) is 0 Å². The van der Waals surface area contributed by atoms with Crippen LogP contribution in [-0.2, 0) is 4.74 Å². The van der Waals surface area contributed by atoms with Gasteiger partial charge in [0.1, 0.15) is 0 Å². The van der Waals surface area contributed by atoms with Gasteiger partial charge in [0.05, 0.1) is 13.2 Å². The third kappa shape index (κ3) is 9.15. The number of nitrogens with zero attached hydrogens (tertiary/aromatic N) is 2. The van der Waals surface area contributed by atoms with Crippen LogP contribution in [0.5, 0.6) is 0 Å². The molecule has 2 unspecified atom stereocenters. The Balaban J connectivity index is 0.00000363. The Morgan fingerprint density at radius 1 is 1.19 bits per heavy atom. The number of ether oxygens (including phenoxy) is 1. The molecule has 2 heterocycles. The first-order chi connectivity index (χ1) is 14.9. The van der Waals surface area contributed by atoms with Crippen molar-refractivity contribution in [3.05, 3.63) is 35.9 Å². The van der Waals surface area contributed by atoms with Gasteiger partial charge in [0.2, 0.25) is 0 Å². The maximum absolute atomic E-state index is 5.53. The highest BCUT2D eigenvalue weighted by molar-refractivity contribution is 14.0. The normalized spacial score (nSPS) is 21.8. The summed E-state index contributed by atoms with van der Waals surface area (Å²) in [5.41, 5.74) is 1.21. The standard InChI is InChI=1S/C25H43N5O.HI/c1-5-26-24(27-19-25(3,4)29-20(2)22-9-7-6-8-10-22)28-23-11-14-30(15-12-23)17-21-13-16-31-18-21;/h6-10,20-21,23,29H,5,11-19H2,1-4H3,(H2,26,27,28);1H. The van der Waals surface area contributed by atoms with E-state index in [-0.39, 0.29) is 35.6 Å². The molecular weight excluding hydrogens is 513 g/mol. The van der Waals surface area contributed by atoms with Gasteiger partial charge >= 0.3 is 0 Å². The van der Waals surface area contributed by atoms with Crippen molar-refractivity contribution >= 4 is 29.9 Å². The van der Waals surface area contributed by atoms with E-state index >= 15 is 0 Å². The number of piperidine rings is 1. The molecule has 3 rings (SSSR count). The second-order valence-electron chi connectivity index (χ2n) is 9.80. The predicted molar refractivity (Wildman–Crippen MR) is 145 cm³/mol. The Bertz CT molecular complexity index is 670. The quantitative estimate of drug-likeness (QED) is 0.245. The molecule has 0 aromatic heterocycles. The Kier molecular flexibility index (Phi) is 11.7. The first-order valence-electron chi connectivity index (χ1n) is 12.1. The SMILES string of the molecule is CCNC(=NCC(C)(C)NC(C)c1ccccc1)NC1CCN(CC2CCOC2)CC1.I. The fraction of sp³-hybridized carbons (Fsp3) is 0.720. The second kappa shape index (κ2) is 13.7. The van der Waals surface area contributed by atoms with Crippen LogP contribution in [0.2, 0.25) is 0 Å². The van der Waals surface area contributed by atoms with Gasteiger partial charge in [0, 0.05) is 50.4 Å². The van der Waals surface area contributed by atoms with Crippen LogP contribution < -0.4 is 16.0 Å². The number of aliphatic imine (C=N–C) groups is 1. The second-order valence-corrected chi connectivity index (χ2v) is 9.80. The molecule has 0 aliphatic carbocycles. The van der Waals surface area contributed by atoms with Gasteiger partial charge in [0.25, 0.3) is 0 Å². The molecular formula is C25H44IN5O. The fourth-order valence-electron chi connectivity index (χ4n) is 4.60. The third-order valence-corrected chi connectivity index (χ3v) is 6.35. The van der Waals surface area contributed by atoms with E-state index in [4.69, 9.17) is 9.73 Å². The van der Waals surface area contributed by atoms with Crippen molar-refractivity contribution in [2.24, 2.45) is 10.9 Å². The molecule has 2 atom stereocenters. The summed E-state index contributed by atoms with van der Waals surface area (Å²) in [6.07, 6.45) is 3.57. The number of guanidine groups is 1. The van der Waals surface area contributed by atoms with Crippen molar-refractivity contribution in [1.29, 1.82) is 0 Å². The molecule has 1 aromatic carbocycles. The zero-order chi connectivity index (χ0) is 22.1. The zero-order valence-corrected chi connectivity index (χ0v) is 22.7. The number of likely N-dealkylation sites (tertiary alicyclic amines) is 1. The lowest BCUT2D eigenvalue weighted by Crippen LogP contribution is -2.50. The Labute approximate surface area is 212 Å². The number of halogens is 1. The van der Waals surface area contributed by atoms with Crippen LogP contribution in [0.25, 0.3) is 0 Å². The van der Waals surface area contributed by atoms with E-state index in [9.17, 15) is 0 Å². The average Bonchev–Trinajstić information content (AvgIpc) is 3.27. The maximum atomic E-state index is 5.53. The molecule has 32 heavy (non-hydrogen) atoms. The smallest absolute Gasteiger partial charge is 0.191 e. The number of hydrogen-bond donors (Lipinski definition) is 3. The first kappa shape index (κ1) is 27.3. The molecule has 2 saturated heterocycles. The summed E-state index contributed by atoms with van der Waals surface area (Å²) < 4.78 is 5.53. The van der Waals surface area contributed by atoms with Gasteiger partial charge in [-0.3, -0.25) is 4.99 Å². The number of nitrogens with one attached hydrogen (secondary N) is 3. The summed E-state index contributed by atoms with van der Waals surface area (Å²) in [5.74, 6) is 1.67. The predicted octanol–water partition coefficient (Wildman–Crippen LogP) is 3.79. The van der Waals surface area contributed by atoms with Crippen molar-refractivity contribution < 1.29 is 4.74 Å². The zero-order valence-electron chi connectivity index (χ0n) is 20.4. The molecule has 1 aromatic rings. The number of hydrogen-bond acceptors (Lipinski definition) is 4. The van der Waals surface area contributed by atoms with Crippen LogP contribution in [-0.4, -0.2) is 68.4 Å². The van der Waals surface area contributed by atoms with E-state index in [0.717, 1.165) is 51.3 Å². The minimum atomic E-state index is -0.0929. The molecule has 6 nitrogen and oxygen atoms in total. The number of rotatable bonds is 9. The van der Waals surface area contributed by atoms with Gasteiger partial charge in [-0.05, 0) is 58.4 Å². The Morgan fingerprint density at radius 3 is 2.53 bits per heavy atom. The largest absolute Gasteiger partial charge is 0.381 e. The monoisotopic (exact) mass is 557 g/mol. The van der Waals surface area contributed by atoms with E-state index in [1.165, 1.54) is 31.4 Å². The lowest BCUT2D eigenvalue weighted by Gasteiger charge is -2.34. The summed E-state index contributed by atoms with van der Waals surface area (Å²) in [6.45, 7) is 15.8. The topological polar surface area (TPSA) is 60.9 Å². The van der Waals surface area contributed by atoms with Crippen LogP contribution in [0.1, 0.15) is 58.6 Å². The van der Waals surface area contributed by atoms with Gasteiger partial charge in [-0.15, -0.1) is 24.0 Å². The summed E-state index contributed by atoms with van der Waals surface area (Å²) in [5, 5.41) is 10.9. The van der Waals surface area contributed by atoms with E-state index in [1.54, 1.807) is 0 Å². The molecule has 0 amide bonds. The van der Waals surface area contributed by atoms with Crippen molar-refractivity contribution in [2.75, 3.05) is 45.9 Å². The van der Waals surface area contributed by atoms with Gasteiger partial charge in [-0.2, -0.15) is 0 Å². The molecule has 2 aliphatic heterocycles. The molecule has 7 heteroatoms. The molecule has 0 saturated carbocycles. The van der Waals surface area contributed by atoms with Gasteiger partial charge in [-0.25, -0.2) is 0 Å². The van der Waals surface area contributed by atoms with Crippen molar-refractivity contribution in [2.45, 2.75) is 64.6 Å². The van der Waals surface area contributed by atoms with E-state index < -0.39 is 0 Å². The molecule has 3 N–H and O–H groups in total. The Morgan fingerprint density at radius 2 is 1.91 bits per heavy atom. The highest BCUT2D eigenvalue weighted by Gasteiger charge is 2.25. The number of benzene rings is 1. The molecule has 2 aliphatic rings. The van der Waals surface area contributed by atoms with Crippen LogP contribution in [0.15, 0.2) is 35.3 Å². The first-order valence-corrected chi connectivity index (χ1v) is 12.1. The van der Waals surface area contributed by atoms with Crippen LogP contribution in [0.3, 0.4) is 0 Å². The van der Waals surface area contributed by atoms with Crippen molar-refractivity contribution in [3.8, 4) is 0 Å². The molecule has 182 valence electrons. The molecule has 0 radical (unpaired) electrons. The van der Waals surface area contributed by atoms with E-state index in [2.05, 4.69) is 78.9 Å². The molecule has 0 spiro atoms. The van der Waals surface area contributed by atoms with Crippen molar-refractivity contribution in [1.82, 2.24) is 20.9 Å². The van der Waals surface area contributed by atoms with E-state index in [0.29, 0.717) is 6.04 Å². The maximum Gasteiger partial charge on any atom is 0.191 e. The fourth-order valence-corrected chi connectivity index (χ4v) is 4.60. The lowest BCUT2D eigenvalue weighted by atomic mass is 10.0. The highest BCUT2D eigenvalue weighted by atomic mass is 127. The van der Waals surface area contributed by atoms with E-state index in [1.807, 2.05) is 0 Å². The Hall–Kier alpha value is -0.900. The van der Waals surface area contributed by atoms with Gasteiger partial charge in [-0.1, -0.05) is 30.3 Å². The summed E-state index contributed by atoms with van der Waals surface area (Å²) >= 11 is 0. The average molecular weight is 558 g/mol. The van der Waals surface area contributed by atoms with Gasteiger partial charge in [0.15, 0.2) is 5.96 Å². The highest BCUT2D eigenvalue weighted by Crippen LogP contribution is 2.18. The lowest BCUT2D eigenvalue weighted by molar-refractivity contribution is 0.150. The minimum absolute atomic E-state index is 0. The molecule has 0 bridgehead atoms. The third-order valence-electron chi connectivity index (χ3n) is 6.35. The summed E-state index contributed by atoms with van der Waals surface area (Å²) in [4.78, 5) is 7.54. The summed E-state index contributed by atoms with van der Waals surface area (Å²) in [7, 11) is 0. The van der Waals surface area contributed by atoms with Crippen molar-refractivity contribution in [3.63, 3.8) is 0 Å². The molecule has 2 fully saturated rings.